The van der Waals surface area contributed by atoms with Gasteiger partial charge in [0.05, 0.1) is 0 Å². The highest BCUT2D eigenvalue weighted by atomic mass is 28.4. The van der Waals surface area contributed by atoms with Crippen molar-refractivity contribution < 1.29 is 23.9 Å². The first-order chi connectivity index (χ1) is 10.2. The zero-order chi connectivity index (χ0) is 18.5. The molecule has 0 aromatic heterocycles. The van der Waals surface area contributed by atoms with E-state index < -0.39 is 32.0 Å². The summed E-state index contributed by atoms with van der Waals surface area (Å²) in [7, 11) is -1.83. The lowest BCUT2D eigenvalue weighted by molar-refractivity contribution is -0.139. The van der Waals surface area contributed by atoms with Gasteiger partial charge in [-0.25, -0.2) is 9.59 Å². The van der Waals surface area contributed by atoms with Crippen molar-refractivity contribution in [2.75, 3.05) is 6.61 Å². The number of amides is 1. The van der Waals surface area contributed by atoms with Gasteiger partial charge >= 0.3 is 12.1 Å². The Hall–Kier alpha value is -1.08. The third-order valence-electron chi connectivity index (χ3n) is 3.90. The molecular formula is C16H33NO5Si. The first-order valence-corrected chi connectivity index (χ1v) is 10.9. The first-order valence-electron chi connectivity index (χ1n) is 8.02. The van der Waals surface area contributed by atoms with Crippen LogP contribution in [0.2, 0.25) is 18.1 Å². The van der Waals surface area contributed by atoms with Crippen LogP contribution in [0.25, 0.3) is 0 Å². The lowest BCUT2D eigenvalue weighted by atomic mass is 10.1. The Balaban J connectivity index is 4.37. The highest BCUT2D eigenvalue weighted by Gasteiger charge is 2.37. The summed E-state index contributed by atoms with van der Waals surface area (Å²) in [6, 6.07) is -0.965. The Bertz CT molecular complexity index is 410. The number of hydrogen-bond donors (Lipinski definition) is 2. The van der Waals surface area contributed by atoms with Crippen LogP contribution in [0.4, 0.5) is 4.79 Å². The van der Waals surface area contributed by atoms with Crippen molar-refractivity contribution in [3.05, 3.63) is 0 Å². The maximum atomic E-state index is 11.7. The van der Waals surface area contributed by atoms with Gasteiger partial charge in [-0.05, 0) is 51.7 Å². The number of aliphatic carboxylic acids is 1. The second-order valence-corrected chi connectivity index (χ2v) is 13.1. The van der Waals surface area contributed by atoms with Gasteiger partial charge in [-0.15, -0.1) is 0 Å². The summed E-state index contributed by atoms with van der Waals surface area (Å²) in [5.74, 6) is -1.07. The van der Waals surface area contributed by atoms with Crippen LogP contribution < -0.4 is 5.32 Å². The molecule has 0 saturated carbocycles. The van der Waals surface area contributed by atoms with Crippen molar-refractivity contribution in [3.63, 3.8) is 0 Å². The van der Waals surface area contributed by atoms with Gasteiger partial charge in [0.1, 0.15) is 11.6 Å². The number of carboxylic acids is 1. The van der Waals surface area contributed by atoms with Crippen LogP contribution in [0.3, 0.4) is 0 Å². The summed E-state index contributed by atoms with van der Waals surface area (Å²) >= 11 is 0. The molecule has 0 aromatic rings. The first kappa shape index (κ1) is 21.9. The van der Waals surface area contributed by atoms with E-state index in [1.165, 1.54) is 0 Å². The summed E-state index contributed by atoms with van der Waals surface area (Å²) < 4.78 is 11.1. The van der Waals surface area contributed by atoms with Gasteiger partial charge in [0, 0.05) is 6.61 Å². The lowest BCUT2D eigenvalue weighted by Crippen LogP contribution is -2.44. The molecule has 2 N–H and O–H groups in total. The summed E-state index contributed by atoms with van der Waals surface area (Å²) in [6.07, 6.45) is 0.165. The lowest BCUT2D eigenvalue weighted by Gasteiger charge is -2.36. The van der Waals surface area contributed by atoms with Crippen LogP contribution in [0.1, 0.15) is 54.4 Å². The number of alkyl carbamates (subject to hydrolysis) is 1. The molecule has 0 aliphatic carbocycles. The largest absolute Gasteiger partial charge is 0.480 e. The summed E-state index contributed by atoms with van der Waals surface area (Å²) in [4.78, 5) is 22.9. The molecule has 7 heteroatoms. The Labute approximate surface area is 141 Å². The molecular weight excluding hydrogens is 314 g/mol. The minimum atomic E-state index is -1.83. The third-order valence-corrected chi connectivity index (χ3v) is 8.43. The van der Waals surface area contributed by atoms with E-state index in [0.29, 0.717) is 19.4 Å². The van der Waals surface area contributed by atoms with Crippen molar-refractivity contribution in [1.82, 2.24) is 5.32 Å². The minimum absolute atomic E-state index is 0.119. The number of carboxylic acid groups (broad SMARTS) is 1. The molecule has 0 spiro atoms. The van der Waals surface area contributed by atoms with Crippen molar-refractivity contribution in [1.29, 1.82) is 0 Å². The van der Waals surface area contributed by atoms with Crippen molar-refractivity contribution in [2.24, 2.45) is 0 Å². The van der Waals surface area contributed by atoms with Gasteiger partial charge in [-0.2, -0.15) is 0 Å². The predicted octanol–water partition coefficient (Wildman–Crippen LogP) is 3.77. The van der Waals surface area contributed by atoms with Gasteiger partial charge in [-0.1, -0.05) is 20.8 Å². The van der Waals surface area contributed by atoms with Gasteiger partial charge in [0.15, 0.2) is 8.32 Å². The van der Waals surface area contributed by atoms with Crippen molar-refractivity contribution in [2.45, 2.75) is 84.2 Å². The second kappa shape index (κ2) is 8.15. The normalized spacial score (nSPS) is 14.3. The molecule has 1 atom stereocenters. The molecule has 0 fully saturated rings. The monoisotopic (exact) mass is 347 g/mol. The SMILES string of the molecule is CC(C)(C)OC(=O)NC(CCCO[Si](C)(C)C(C)(C)C)C(=O)O. The van der Waals surface area contributed by atoms with E-state index in [-0.39, 0.29) is 5.04 Å². The maximum absolute atomic E-state index is 11.7. The summed E-state index contributed by atoms with van der Waals surface area (Å²) in [6.45, 7) is 16.5. The Morgan fingerprint density at radius 2 is 1.65 bits per heavy atom. The average Bonchev–Trinajstić information content (AvgIpc) is 2.28. The van der Waals surface area contributed by atoms with E-state index in [2.05, 4.69) is 39.2 Å². The molecule has 1 amide bonds. The number of carbonyl (C=O) groups excluding carboxylic acids is 1. The predicted molar refractivity (Wildman–Crippen MR) is 93.2 cm³/mol. The fourth-order valence-electron chi connectivity index (χ4n) is 1.54. The molecule has 0 aliphatic heterocycles. The van der Waals surface area contributed by atoms with Crippen molar-refractivity contribution in [3.8, 4) is 0 Å². The molecule has 0 rings (SSSR count). The third kappa shape index (κ3) is 8.95. The van der Waals surface area contributed by atoms with E-state index in [1.54, 1.807) is 20.8 Å². The maximum Gasteiger partial charge on any atom is 0.408 e. The van der Waals surface area contributed by atoms with Gasteiger partial charge in [-0.3, -0.25) is 0 Å². The van der Waals surface area contributed by atoms with Crippen LogP contribution in [0.5, 0.6) is 0 Å². The number of hydrogen-bond acceptors (Lipinski definition) is 4. The molecule has 0 aliphatic rings. The topological polar surface area (TPSA) is 84.9 Å². The zero-order valence-corrected chi connectivity index (χ0v) is 16.8. The van der Waals surface area contributed by atoms with Crippen LogP contribution in [0, 0.1) is 0 Å². The molecule has 6 nitrogen and oxygen atoms in total. The average molecular weight is 348 g/mol. The highest BCUT2D eigenvalue weighted by Crippen LogP contribution is 2.36. The molecule has 0 heterocycles. The van der Waals surface area contributed by atoms with Gasteiger partial charge < -0.3 is 19.6 Å². The smallest absolute Gasteiger partial charge is 0.408 e. The minimum Gasteiger partial charge on any atom is -0.480 e. The van der Waals surface area contributed by atoms with E-state index >= 15 is 0 Å². The van der Waals surface area contributed by atoms with E-state index in [1.807, 2.05) is 0 Å². The summed E-state index contributed by atoms with van der Waals surface area (Å²) in [5.41, 5.74) is -0.654. The quantitative estimate of drug-likeness (QED) is 0.541. The van der Waals surface area contributed by atoms with Crippen LogP contribution >= 0.6 is 0 Å². The summed E-state index contributed by atoms with van der Waals surface area (Å²) in [5, 5.41) is 11.7. The second-order valence-electron chi connectivity index (χ2n) is 8.29. The number of ether oxygens (including phenoxy) is 1. The van der Waals surface area contributed by atoms with Crippen LogP contribution in [0.15, 0.2) is 0 Å². The molecule has 0 bridgehead atoms. The van der Waals surface area contributed by atoms with E-state index in [9.17, 15) is 14.7 Å². The zero-order valence-electron chi connectivity index (χ0n) is 15.8. The van der Waals surface area contributed by atoms with E-state index in [0.717, 1.165) is 0 Å². The fraction of sp³-hybridized carbons (Fsp3) is 0.875. The van der Waals surface area contributed by atoms with Gasteiger partial charge in [0.2, 0.25) is 0 Å². The fourth-order valence-corrected chi connectivity index (χ4v) is 2.63. The van der Waals surface area contributed by atoms with Crippen LogP contribution in [-0.4, -0.2) is 43.7 Å². The molecule has 23 heavy (non-hydrogen) atoms. The molecule has 1 unspecified atom stereocenters. The Morgan fingerprint density at radius 3 is 2.04 bits per heavy atom. The molecule has 0 radical (unpaired) electrons. The molecule has 0 aromatic carbocycles. The number of carbonyl (C=O) groups is 2. The number of rotatable bonds is 7. The standard InChI is InChI=1S/C16H33NO5Si/c1-15(2,3)22-14(20)17-12(13(18)19)10-9-11-21-23(7,8)16(4,5)6/h12H,9-11H2,1-8H3,(H,17,20)(H,18,19). The van der Waals surface area contributed by atoms with Crippen molar-refractivity contribution >= 4 is 20.4 Å². The number of nitrogens with one attached hydrogen (secondary N) is 1. The molecule has 136 valence electrons. The Morgan fingerprint density at radius 1 is 1.13 bits per heavy atom. The highest BCUT2D eigenvalue weighted by molar-refractivity contribution is 6.74. The van der Waals surface area contributed by atoms with Gasteiger partial charge in [0.25, 0.3) is 0 Å². The Kier molecular flexibility index (Phi) is 7.76. The van der Waals surface area contributed by atoms with E-state index in [4.69, 9.17) is 9.16 Å². The molecule has 0 saturated heterocycles. The van der Waals surface area contributed by atoms with Crippen LogP contribution in [-0.2, 0) is 14.0 Å².